The van der Waals surface area contributed by atoms with Gasteiger partial charge in [-0.3, -0.25) is 4.79 Å². The molecule has 0 aliphatic carbocycles. The average Bonchev–Trinajstić information content (AvgIpc) is 2.67. The summed E-state index contributed by atoms with van der Waals surface area (Å²) in [6.07, 6.45) is 0.515. The number of carbonyl (C=O) groups excluding carboxylic acids is 1. The van der Waals surface area contributed by atoms with E-state index in [4.69, 9.17) is 9.47 Å². The van der Waals surface area contributed by atoms with Crippen molar-refractivity contribution in [1.82, 2.24) is 10.0 Å². The minimum absolute atomic E-state index is 0.00846. The number of hydrogen-bond acceptors (Lipinski definition) is 5. The molecule has 0 saturated carbocycles. The molecule has 0 saturated heterocycles. The highest BCUT2D eigenvalue weighted by Gasteiger charge is 2.20. The molecule has 2 N–H and O–H groups in total. The quantitative estimate of drug-likeness (QED) is 0.737. The van der Waals surface area contributed by atoms with Gasteiger partial charge in [-0.15, -0.1) is 0 Å². The third-order valence-electron chi connectivity index (χ3n) is 3.90. The number of benzene rings is 2. The molecule has 1 aliphatic heterocycles. The maximum Gasteiger partial charge on any atom is 0.241 e. The van der Waals surface area contributed by atoms with Gasteiger partial charge in [0.05, 0.1) is 11.4 Å². The minimum atomic E-state index is -3.86. The normalized spacial score (nSPS) is 13.2. The van der Waals surface area contributed by atoms with Gasteiger partial charge >= 0.3 is 0 Å². The van der Waals surface area contributed by atoms with Crippen molar-refractivity contribution in [2.75, 3.05) is 26.3 Å². The van der Waals surface area contributed by atoms with E-state index in [0.29, 0.717) is 37.7 Å². The van der Waals surface area contributed by atoms with Gasteiger partial charge in [-0.2, -0.15) is 0 Å². The summed E-state index contributed by atoms with van der Waals surface area (Å²) in [6.45, 7) is 0.687. The van der Waals surface area contributed by atoms with Crippen LogP contribution in [0.25, 0.3) is 0 Å². The van der Waals surface area contributed by atoms with Gasteiger partial charge in [0.15, 0.2) is 11.5 Å². The second-order valence-corrected chi connectivity index (χ2v) is 7.62. The van der Waals surface area contributed by atoms with Crippen LogP contribution in [0.15, 0.2) is 47.4 Å². The van der Waals surface area contributed by atoms with Gasteiger partial charge in [-0.25, -0.2) is 17.5 Å². The van der Waals surface area contributed by atoms with Crippen LogP contribution >= 0.6 is 0 Å². The van der Waals surface area contributed by atoms with Gasteiger partial charge in [0, 0.05) is 12.6 Å². The molecule has 0 aromatic heterocycles. The first-order valence-corrected chi connectivity index (χ1v) is 9.83. The molecule has 0 unspecified atom stereocenters. The van der Waals surface area contributed by atoms with Gasteiger partial charge in [0.1, 0.15) is 19.0 Å². The van der Waals surface area contributed by atoms with Crippen molar-refractivity contribution >= 4 is 15.9 Å². The molecular formula is C18H19FN2O5S. The summed E-state index contributed by atoms with van der Waals surface area (Å²) in [4.78, 5) is 11.8. The van der Waals surface area contributed by atoms with E-state index < -0.39 is 15.9 Å². The second-order valence-electron chi connectivity index (χ2n) is 5.86. The molecule has 7 nitrogen and oxygen atoms in total. The van der Waals surface area contributed by atoms with Crippen LogP contribution < -0.4 is 19.5 Å². The molecule has 0 bridgehead atoms. The number of halogens is 1. The molecule has 0 spiro atoms. The lowest BCUT2D eigenvalue weighted by Crippen LogP contribution is -2.37. The SMILES string of the molecule is O=C(CNS(=O)(=O)c1ccc2c(c1)OCCO2)NCCc1ccc(F)cc1. The van der Waals surface area contributed by atoms with Gasteiger partial charge < -0.3 is 14.8 Å². The first-order valence-electron chi connectivity index (χ1n) is 8.34. The number of carbonyl (C=O) groups is 1. The summed E-state index contributed by atoms with van der Waals surface area (Å²) in [6, 6.07) is 10.2. The maximum atomic E-state index is 12.8. The Morgan fingerprint density at radius 1 is 1.04 bits per heavy atom. The molecule has 144 valence electrons. The molecule has 1 aliphatic rings. The molecule has 0 atom stereocenters. The lowest BCUT2D eigenvalue weighted by Gasteiger charge is -2.18. The van der Waals surface area contributed by atoms with Gasteiger partial charge in [0.2, 0.25) is 15.9 Å². The Bertz CT molecular complexity index is 916. The standard InChI is InChI=1S/C18H19FN2O5S/c19-14-3-1-13(2-4-14)7-8-20-18(22)12-21-27(23,24)15-5-6-16-17(11-15)26-10-9-25-16/h1-6,11,21H,7-10,12H2,(H,20,22). The zero-order chi connectivity index (χ0) is 19.3. The van der Waals surface area contributed by atoms with Gasteiger partial charge in [-0.05, 0) is 36.2 Å². The van der Waals surface area contributed by atoms with Crippen LogP contribution in [0, 0.1) is 5.82 Å². The fourth-order valence-electron chi connectivity index (χ4n) is 2.49. The lowest BCUT2D eigenvalue weighted by molar-refractivity contribution is -0.119. The number of fused-ring (bicyclic) bond motifs is 1. The number of ether oxygens (including phenoxy) is 2. The van der Waals surface area contributed by atoms with Crippen molar-refractivity contribution in [3.8, 4) is 11.5 Å². The zero-order valence-corrected chi connectivity index (χ0v) is 15.2. The van der Waals surface area contributed by atoms with Gasteiger partial charge in [-0.1, -0.05) is 12.1 Å². The topological polar surface area (TPSA) is 93.7 Å². The highest BCUT2D eigenvalue weighted by atomic mass is 32.2. The molecule has 1 amide bonds. The third kappa shape index (κ3) is 5.18. The Kier molecular flexibility index (Phi) is 5.92. The van der Waals surface area contributed by atoms with Crippen molar-refractivity contribution in [2.24, 2.45) is 0 Å². The van der Waals surface area contributed by atoms with Crippen molar-refractivity contribution in [1.29, 1.82) is 0 Å². The number of sulfonamides is 1. The predicted octanol–water partition coefficient (Wildman–Crippen LogP) is 1.23. The molecular weight excluding hydrogens is 375 g/mol. The average molecular weight is 394 g/mol. The summed E-state index contributed by atoms with van der Waals surface area (Å²) in [5.41, 5.74) is 0.869. The molecule has 0 fully saturated rings. The Morgan fingerprint density at radius 2 is 1.74 bits per heavy atom. The molecule has 3 rings (SSSR count). The van der Waals surface area contributed by atoms with Crippen LogP contribution in [0.5, 0.6) is 11.5 Å². The fourth-order valence-corrected chi connectivity index (χ4v) is 3.49. The number of amides is 1. The molecule has 2 aromatic rings. The number of rotatable bonds is 7. The van der Waals surface area contributed by atoms with Crippen LogP contribution in [0.3, 0.4) is 0 Å². The van der Waals surface area contributed by atoms with Gasteiger partial charge in [0.25, 0.3) is 0 Å². The van der Waals surface area contributed by atoms with Crippen molar-refractivity contribution in [2.45, 2.75) is 11.3 Å². The molecule has 1 heterocycles. The monoisotopic (exact) mass is 394 g/mol. The van der Waals surface area contributed by atoms with E-state index in [-0.39, 0.29) is 17.3 Å². The second kappa shape index (κ2) is 8.36. The predicted molar refractivity (Wildman–Crippen MR) is 95.7 cm³/mol. The Labute approximate surface area is 156 Å². The first kappa shape index (κ1) is 19.1. The summed E-state index contributed by atoms with van der Waals surface area (Å²) in [5.74, 6) is 0.0566. The lowest BCUT2D eigenvalue weighted by atomic mass is 10.1. The summed E-state index contributed by atoms with van der Waals surface area (Å²) < 4.78 is 50.5. The van der Waals surface area contributed by atoms with E-state index in [1.165, 1.54) is 30.3 Å². The van der Waals surface area contributed by atoms with Crippen molar-refractivity contribution in [3.63, 3.8) is 0 Å². The van der Waals surface area contributed by atoms with Crippen LogP contribution in [0.1, 0.15) is 5.56 Å². The summed E-state index contributed by atoms with van der Waals surface area (Å²) >= 11 is 0. The highest BCUT2D eigenvalue weighted by molar-refractivity contribution is 7.89. The first-order chi connectivity index (χ1) is 12.9. The maximum absolute atomic E-state index is 12.8. The molecule has 0 radical (unpaired) electrons. The molecule has 27 heavy (non-hydrogen) atoms. The van der Waals surface area contributed by atoms with Crippen LogP contribution in [-0.2, 0) is 21.2 Å². The Balaban J connectivity index is 1.49. The largest absolute Gasteiger partial charge is 0.486 e. The smallest absolute Gasteiger partial charge is 0.241 e. The van der Waals surface area contributed by atoms with E-state index in [9.17, 15) is 17.6 Å². The Hall–Kier alpha value is -2.65. The third-order valence-corrected chi connectivity index (χ3v) is 5.29. The fraction of sp³-hybridized carbons (Fsp3) is 0.278. The summed E-state index contributed by atoms with van der Waals surface area (Å²) in [5, 5.41) is 2.62. The van der Waals surface area contributed by atoms with Crippen molar-refractivity contribution < 1.29 is 27.1 Å². The summed E-state index contributed by atoms with van der Waals surface area (Å²) in [7, 11) is -3.86. The molecule has 2 aromatic carbocycles. The zero-order valence-electron chi connectivity index (χ0n) is 14.4. The van der Waals surface area contributed by atoms with Crippen LogP contribution in [0.4, 0.5) is 4.39 Å². The van der Waals surface area contributed by atoms with E-state index in [1.807, 2.05) is 0 Å². The van der Waals surface area contributed by atoms with Crippen LogP contribution in [-0.4, -0.2) is 40.6 Å². The Morgan fingerprint density at radius 3 is 2.48 bits per heavy atom. The van der Waals surface area contributed by atoms with E-state index >= 15 is 0 Å². The van der Waals surface area contributed by atoms with E-state index in [0.717, 1.165) is 5.56 Å². The minimum Gasteiger partial charge on any atom is -0.486 e. The van der Waals surface area contributed by atoms with Crippen LogP contribution in [0.2, 0.25) is 0 Å². The highest BCUT2D eigenvalue weighted by Crippen LogP contribution is 2.32. The van der Waals surface area contributed by atoms with E-state index in [1.54, 1.807) is 12.1 Å². The number of hydrogen-bond donors (Lipinski definition) is 2. The van der Waals surface area contributed by atoms with Crippen molar-refractivity contribution in [3.05, 3.63) is 53.8 Å². The van der Waals surface area contributed by atoms with E-state index in [2.05, 4.69) is 10.0 Å². The number of nitrogens with one attached hydrogen (secondary N) is 2. The molecule has 9 heteroatoms.